The third-order valence-electron chi connectivity index (χ3n) is 5.51. The first-order valence-corrected chi connectivity index (χ1v) is 13.5. The van der Waals surface area contributed by atoms with Crippen molar-refractivity contribution >= 4 is 52.3 Å². The first-order valence-electron chi connectivity index (χ1n) is 12.3. The van der Waals surface area contributed by atoms with E-state index in [4.69, 9.17) is 21.1 Å². The molecule has 0 saturated heterocycles. The van der Waals surface area contributed by atoms with Crippen molar-refractivity contribution < 1.29 is 9.47 Å². The molecule has 0 bridgehead atoms. The largest absolute Gasteiger partial charge is 0.490 e. The molecule has 0 aromatic heterocycles. The van der Waals surface area contributed by atoms with Crippen molar-refractivity contribution in [2.45, 2.75) is 66.0 Å². The lowest BCUT2D eigenvalue weighted by Gasteiger charge is -2.22. The lowest BCUT2D eigenvalue weighted by molar-refractivity contribution is 0.261. The quantitative estimate of drug-likeness (QED) is 0.182. The van der Waals surface area contributed by atoms with Crippen LogP contribution in [0.2, 0.25) is 5.02 Å². The molecule has 0 fully saturated rings. The summed E-state index contributed by atoms with van der Waals surface area (Å²) < 4.78 is 12.9. The molecule has 0 heterocycles. The second-order valence-electron chi connectivity index (χ2n) is 8.30. The van der Waals surface area contributed by atoms with Crippen LogP contribution in [0.1, 0.15) is 64.0 Å². The molecule has 0 amide bonds. The molecule has 0 aliphatic carbocycles. The minimum absolute atomic E-state index is 0. The monoisotopic (exact) mass is 610 g/mol. The van der Waals surface area contributed by atoms with Crippen LogP contribution in [-0.2, 0) is 13.2 Å². The first kappa shape index (κ1) is 34.3. The van der Waals surface area contributed by atoms with Gasteiger partial charge in [-0.1, -0.05) is 56.5 Å². The summed E-state index contributed by atoms with van der Waals surface area (Å²) >= 11 is 9.95. The predicted octanol–water partition coefficient (Wildman–Crippen LogP) is 8.31. The van der Waals surface area contributed by atoms with E-state index in [0.29, 0.717) is 24.0 Å². The molecule has 0 spiro atoms. The molecule has 200 valence electrons. The van der Waals surface area contributed by atoms with Gasteiger partial charge in [0.05, 0.1) is 11.1 Å². The van der Waals surface area contributed by atoms with Gasteiger partial charge in [0.15, 0.2) is 11.5 Å². The van der Waals surface area contributed by atoms with E-state index < -0.39 is 0 Å². The summed E-state index contributed by atoms with van der Waals surface area (Å²) in [6, 6.07) is 11.9. The molecule has 4 nitrogen and oxygen atoms in total. The average Bonchev–Trinajstić information content (AvgIpc) is 2.80. The summed E-state index contributed by atoms with van der Waals surface area (Å²) in [5, 5.41) is 4.29. The zero-order valence-electron chi connectivity index (χ0n) is 21.3. The molecule has 0 atom stereocenters. The Morgan fingerprint density at radius 3 is 2.20 bits per heavy atom. The van der Waals surface area contributed by atoms with E-state index in [0.717, 1.165) is 41.8 Å². The minimum atomic E-state index is 0. The normalized spacial score (nSPS) is 10.6. The van der Waals surface area contributed by atoms with Gasteiger partial charge in [0, 0.05) is 17.1 Å². The molecule has 0 aliphatic heterocycles. The molecule has 1 N–H and O–H groups in total. The maximum absolute atomic E-state index is 6.27. The number of hydrogen-bond donors (Lipinski definition) is 1. The third kappa shape index (κ3) is 12.9. The molecular formula is C27H42BrCl3N2O2. The van der Waals surface area contributed by atoms with E-state index in [1.165, 1.54) is 44.3 Å². The van der Waals surface area contributed by atoms with E-state index in [1.807, 2.05) is 31.2 Å². The zero-order chi connectivity index (χ0) is 23.9. The van der Waals surface area contributed by atoms with Crippen LogP contribution in [0.5, 0.6) is 11.5 Å². The van der Waals surface area contributed by atoms with Gasteiger partial charge in [-0.05, 0) is 92.1 Å². The Morgan fingerprint density at radius 1 is 0.914 bits per heavy atom. The lowest BCUT2D eigenvalue weighted by atomic mass is 10.2. The Morgan fingerprint density at radius 2 is 1.57 bits per heavy atom. The number of nitrogens with zero attached hydrogens (tertiary/aromatic N) is 1. The Balaban J connectivity index is 0.00000578. The summed E-state index contributed by atoms with van der Waals surface area (Å²) in [6.07, 6.45) is 6.25. The number of hydrogen-bond acceptors (Lipinski definition) is 4. The SMILES string of the molecule is CCCCN(CCCC)CCCNCc1cc(Br)c(OCc2ccccc2Cl)c(OCC)c1.Cl.Cl. The molecular weight excluding hydrogens is 571 g/mol. The minimum Gasteiger partial charge on any atom is -0.490 e. The van der Waals surface area contributed by atoms with Crippen LogP contribution >= 0.6 is 52.3 Å². The Bertz CT molecular complexity index is 819. The number of benzene rings is 2. The second-order valence-corrected chi connectivity index (χ2v) is 9.56. The molecule has 2 aromatic carbocycles. The van der Waals surface area contributed by atoms with Gasteiger partial charge in [-0.3, -0.25) is 0 Å². The standard InChI is InChI=1S/C27H40BrClN2O2.2ClH/c1-4-7-15-31(16-8-5-2)17-11-14-30-20-22-18-24(28)27(26(19-22)32-6-3)33-21-23-12-9-10-13-25(23)29;;/h9-10,12-13,18-19,30H,4-8,11,14-17,20-21H2,1-3H3;2*1H. The topological polar surface area (TPSA) is 33.7 Å². The van der Waals surface area contributed by atoms with Gasteiger partial charge in [-0.2, -0.15) is 0 Å². The zero-order valence-corrected chi connectivity index (χ0v) is 25.3. The van der Waals surface area contributed by atoms with Crippen molar-refractivity contribution in [3.05, 3.63) is 57.0 Å². The highest BCUT2D eigenvalue weighted by molar-refractivity contribution is 9.10. The number of unbranched alkanes of at least 4 members (excludes halogenated alkanes) is 2. The van der Waals surface area contributed by atoms with Gasteiger partial charge in [0.1, 0.15) is 6.61 Å². The number of nitrogens with one attached hydrogen (secondary N) is 1. The Labute approximate surface area is 238 Å². The van der Waals surface area contributed by atoms with Crippen LogP contribution in [0.3, 0.4) is 0 Å². The van der Waals surface area contributed by atoms with E-state index in [1.54, 1.807) is 0 Å². The van der Waals surface area contributed by atoms with Crippen molar-refractivity contribution in [2.24, 2.45) is 0 Å². The number of ether oxygens (including phenoxy) is 2. The second kappa shape index (κ2) is 20.4. The van der Waals surface area contributed by atoms with Crippen LogP contribution in [0.15, 0.2) is 40.9 Å². The fourth-order valence-electron chi connectivity index (χ4n) is 3.65. The highest BCUT2D eigenvalue weighted by Crippen LogP contribution is 2.37. The van der Waals surface area contributed by atoms with Crippen LogP contribution in [0.25, 0.3) is 0 Å². The fourth-order valence-corrected chi connectivity index (χ4v) is 4.45. The van der Waals surface area contributed by atoms with Gasteiger partial charge >= 0.3 is 0 Å². The highest BCUT2D eigenvalue weighted by atomic mass is 79.9. The van der Waals surface area contributed by atoms with Crippen molar-refractivity contribution in [1.82, 2.24) is 10.2 Å². The highest BCUT2D eigenvalue weighted by Gasteiger charge is 2.13. The van der Waals surface area contributed by atoms with Gasteiger partial charge < -0.3 is 19.7 Å². The summed E-state index contributed by atoms with van der Waals surface area (Å²) in [5.74, 6) is 1.46. The maximum atomic E-state index is 6.27. The van der Waals surface area contributed by atoms with Gasteiger partial charge in [0.25, 0.3) is 0 Å². The third-order valence-corrected chi connectivity index (χ3v) is 6.47. The molecule has 0 radical (unpaired) electrons. The summed E-state index contributed by atoms with van der Waals surface area (Å²) in [7, 11) is 0. The van der Waals surface area contributed by atoms with Crippen LogP contribution in [0, 0.1) is 0 Å². The van der Waals surface area contributed by atoms with Crippen LogP contribution < -0.4 is 14.8 Å². The number of halogens is 4. The molecule has 8 heteroatoms. The summed E-state index contributed by atoms with van der Waals surface area (Å²) in [6.45, 7) is 12.9. The van der Waals surface area contributed by atoms with Crippen LogP contribution in [-0.4, -0.2) is 37.7 Å². The smallest absolute Gasteiger partial charge is 0.175 e. The van der Waals surface area contributed by atoms with E-state index in [2.05, 4.69) is 52.1 Å². The lowest BCUT2D eigenvalue weighted by Crippen LogP contribution is -2.29. The van der Waals surface area contributed by atoms with E-state index >= 15 is 0 Å². The predicted molar refractivity (Wildman–Crippen MR) is 158 cm³/mol. The molecule has 2 rings (SSSR count). The fraction of sp³-hybridized carbons (Fsp3) is 0.556. The van der Waals surface area contributed by atoms with Gasteiger partial charge in [-0.15, -0.1) is 24.8 Å². The summed E-state index contributed by atoms with van der Waals surface area (Å²) in [4.78, 5) is 2.61. The number of rotatable bonds is 17. The summed E-state index contributed by atoms with van der Waals surface area (Å²) in [5.41, 5.74) is 2.12. The molecule has 0 aliphatic rings. The van der Waals surface area contributed by atoms with Crippen molar-refractivity contribution in [1.29, 1.82) is 0 Å². The van der Waals surface area contributed by atoms with Gasteiger partial charge in [0.2, 0.25) is 0 Å². The van der Waals surface area contributed by atoms with E-state index in [-0.39, 0.29) is 24.8 Å². The van der Waals surface area contributed by atoms with Crippen molar-refractivity contribution in [3.63, 3.8) is 0 Å². The molecule has 2 aromatic rings. The van der Waals surface area contributed by atoms with Gasteiger partial charge in [-0.25, -0.2) is 0 Å². The Kier molecular flexibility index (Phi) is 20.0. The maximum Gasteiger partial charge on any atom is 0.175 e. The molecule has 0 unspecified atom stereocenters. The molecule has 35 heavy (non-hydrogen) atoms. The van der Waals surface area contributed by atoms with Crippen LogP contribution in [0.4, 0.5) is 0 Å². The average molecular weight is 613 g/mol. The Hall–Kier alpha value is -0.690. The van der Waals surface area contributed by atoms with Crippen molar-refractivity contribution in [2.75, 3.05) is 32.8 Å². The van der Waals surface area contributed by atoms with E-state index in [9.17, 15) is 0 Å². The molecule has 0 saturated carbocycles. The van der Waals surface area contributed by atoms with Crippen molar-refractivity contribution in [3.8, 4) is 11.5 Å². The first-order chi connectivity index (χ1) is 16.1.